The summed E-state index contributed by atoms with van der Waals surface area (Å²) in [5.74, 6) is 0. The molecule has 0 saturated carbocycles. The molecule has 0 aromatic rings. The van der Waals surface area contributed by atoms with Gasteiger partial charge >= 0.3 is 0 Å². The van der Waals surface area contributed by atoms with Crippen LogP contribution in [0.4, 0.5) is 0 Å². The predicted octanol–water partition coefficient (Wildman–Crippen LogP) is 0.900. The largest absolute Gasteiger partial charge is 0.354 e. The molecule has 0 aromatic heterocycles. The van der Waals surface area contributed by atoms with Crippen LogP contribution in [0.15, 0.2) is 11.8 Å². The fourth-order valence-corrected chi connectivity index (χ4v) is 1.75. The van der Waals surface area contributed by atoms with Crippen LogP contribution in [-0.2, 0) is 0 Å². The highest BCUT2D eigenvalue weighted by Gasteiger charge is 2.24. The number of fused-ring (bicyclic) bond motifs is 1. The van der Waals surface area contributed by atoms with Gasteiger partial charge in [0.1, 0.15) is 0 Å². The number of hydrogen-bond acceptors (Lipinski definition) is 1. The van der Waals surface area contributed by atoms with E-state index >= 15 is 0 Å². The number of hydrogen-bond donors (Lipinski definition) is 2. The van der Waals surface area contributed by atoms with Gasteiger partial charge in [-0.15, -0.1) is 0 Å². The fourth-order valence-electron chi connectivity index (χ4n) is 1.49. The molecule has 3 heteroatoms. The van der Waals surface area contributed by atoms with Crippen molar-refractivity contribution in [1.82, 2.24) is 10.6 Å². The Morgan fingerprint density at radius 3 is 3.30 bits per heavy atom. The van der Waals surface area contributed by atoms with Crippen LogP contribution in [0.25, 0.3) is 0 Å². The Hall–Kier alpha value is -0.570. The number of rotatable bonds is 0. The lowest BCUT2D eigenvalue weighted by molar-refractivity contribution is 0.590. The van der Waals surface area contributed by atoms with Crippen LogP contribution in [-0.4, -0.2) is 11.2 Å². The van der Waals surface area contributed by atoms with E-state index in [0.29, 0.717) is 6.04 Å². The van der Waals surface area contributed by atoms with Gasteiger partial charge in [0.05, 0.1) is 6.04 Å². The molecule has 1 unspecified atom stereocenters. The Morgan fingerprint density at radius 1 is 1.60 bits per heavy atom. The molecule has 1 fully saturated rings. The van der Waals surface area contributed by atoms with E-state index in [0.717, 1.165) is 5.11 Å². The van der Waals surface area contributed by atoms with Crippen molar-refractivity contribution in [1.29, 1.82) is 0 Å². The summed E-state index contributed by atoms with van der Waals surface area (Å²) in [4.78, 5) is 0. The number of nitrogens with one attached hydrogen (secondary N) is 2. The molecule has 0 aromatic carbocycles. The van der Waals surface area contributed by atoms with Gasteiger partial charge in [0, 0.05) is 5.70 Å². The molecule has 1 aliphatic heterocycles. The SMILES string of the molecule is S=C1NC2=CCCCC2N1. The summed E-state index contributed by atoms with van der Waals surface area (Å²) in [6.07, 6.45) is 5.94. The van der Waals surface area contributed by atoms with Crippen LogP contribution in [0, 0.1) is 0 Å². The summed E-state index contributed by atoms with van der Waals surface area (Å²) in [5, 5.41) is 7.14. The van der Waals surface area contributed by atoms with Crippen LogP contribution in [0.2, 0.25) is 0 Å². The topological polar surface area (TPSA) is 24.1 Å². The van der Waals surface area contributed by atoms with Crippen LogP contribution < -0.4 is 10.6 Å². The van der Waals surface area contributed by atoms with E-state index in [1.54, 1.807) is 0 Å². The summed E-state index contributed by atoms with van der Waals surface area (Å²) in [5.41, 5.74) is 1.29. The average molecular weight is 154 g/mol. The van der Waals surface area contributed by atoms with Crippen molar-refractivity contribution in [3.63, 3.8) is 0 Å². The third-order valence-corrected chi connectivity index (χ3v) is 2.22. The van der Waals surface area contributed by atoms with Crippen LogP contribution in [0.3, 0.4) is 0 Å². The summed E-state index contributed by atoms with van der Waals surface area (Å²) in [7, 11) is 0. The van der Waals surface area contributed by atoms with Gasteiger partial charge in [0.2, 0.25) is 0 Å². The van der Waals surface area contributed by atoms with Gasteiger partial charge < -0.3 is 10.6 Å². The van der Waals surface area contributed by atoms with E-state index in [1.807, 2.05) is 0 Å². The first-order chi connectivity index (χ1) is 4.86. The maximum absolute atomic E-state index is 4.97. The first-order valence-corrected chi connectivity index (χ1v) is 4.04. The minimum Gasteiger partial charge on any atom is -0.354 e. The highest BCUT2D eigenvalue weighted by atomic mass is 32.1. The molecule has 10 heavy (non-hydrogen) atoms. The zero-order chi connectivity index (χ0) is 6.97. The Kier molecular flexibility index (Phi) is 1.38. The fraction of sp³-hybridized carbons (Fsp3) is 0.571. The minimum absolute atomic E-state index is 0.501. The van der Waals surface area contributed by atoms with Crippen molar-refractivity contribution in [3.8, 4) is 0 Å². The second-order valence-electron chi connectivity index (χ2n) is 2.74. The lowest BCUT2D eigenvalue weighted by atomic mass is 10.0. The Morgan fingerprint density at radius 2 is 2.50 bits per heavy atom. The van der Waals surface area contributed by atoms with Gasteiger partial charge in [-0.3, -0.25) is 0 Å². The lowest BCUT2D eigenvalue weighted by Crippen LogP contribution is -2.26. The molecule has 1 heterocycles. The van der Waals surface area contributed by atoms with Crippen molar-refractivity contribution >= 4 is 17.3 Å². The molecule has 54 valence electrons. The van der Waals surface area contributed by atoms with E-state index in [-0.39, 0.29) is 0 Å². The summed E-state index contributed by atoms with van der Waals surface area (Å²) < 4.78 is 0. The summed E-state index contributed by atoms with van der Waals surface area (Å²) in [6, 6.07) is 0.501. The molecule has 1 atom stereocenters. The van der Waals surface area contributed by atoms with E-state index < -0.39 is 0 Å². The molecular weight excluding hydrogens is 144 g/mol. The maximum Gasteiger partial charge on any atom is 0.171 e. The van der Waals surface area contributed by atoms with Crippen LogP contribution in [0.1, 0.15) is 19.3 Å². The summed E-state index contributed by atoms with van der Waals surface area (Å²) in [6.45, 7) is 0. The van der Waals surface area contributed by atoms with Gasteiger partial charge in [0.25, 0.3) is 0 Å². The molecule has 1 saturated heterocycles. The van der Waals surface area contributed by atoms with Crippen LogP contribution >= 0.6 is 12.2 Å². The zero-order valence-corrected chi connectivity index (χ0v) is 6.50. The molecule has 2 aliphatic rings. The maximum atomic E-state index is 4.97. The Labute approximate surface area is 65.7 Å². The van der Waals surface area contributed by atoms with Gasteiger partial charge in [-0.1, -0.05) is 6.08 Å². The highest BCUT2D eigenvalue weighted by molar-refractivity contribution is 7.80. The molecule has 0 spiro atoms. The van der Waals surface area contributed by atoms with Crippen LogP contribution in [0.5, 0.6) is 0 Å². The second kappa shape index (κ2) is 2.23. The van der Waals surface area contributed by atoms with E-state index in [1.165, 1.54) is 25.0 Å². The van der Waals surface area contributed by atoms with Crippen molar-refractivity contribution in [2.24, 2.45) is 0 Å². The Bertz CT molecular complexity index is 198. The number of thiocarbonyl (C=S) groups is 1. The van der Waals surface area contributed by atoms with Crippen molar-refractivity contribution < 1.29 is 0 Å². The zero-order valence-electron chi connectivity index (χ0n) is 5.68. The molecule has 0 radical (unpaired) electrons. The lowest BCUT2D eigenvalue weighted by Gasteiger charge is -2.14. The first kappa shape index (κ1) is 6.16. The third-order valence-electron chi connectivity index (χ3n) is 2.00. The molecule has 0 bridgehead atoms. The molecule has 2 N–H and O–H groups in total. The average Bonchev–Trinajstić information content (AvgIpc) is 2.27. The van der Waals surface area contributed by atoms with Crippen molar-refractivity contribution in [2.75, 3.05) is 0 Å². The van der Waals surface area contributed by atoms with Gasteiger partial charge in [-0.25, -0.2) is 0 Å². The summed E-state index contributed by atoms with van der Waals surface area (Å²) >= 11 is 4.97. The molecule has 1 aliphatic carbocycles. The molecule has 2 nitrogen and oxygen atoms in total. The van der Waals surface area contributed by atoms with Crippen molar-refractivity contribution in [2.45, 2.75) is 25.3 Å². The normalized spacial score (nSPS) is 30.2. The van der Waals surface area contributed by atoms with Crippen molar-refractivity contribution in [3.05, 3.63) is 11.8 Å². The Balaban J connectivity index is 2.20. The standard InChI is InChI=1S/C7H10N2S/c10-7-8-5-3-1-2-4-6(5)9-7/h3,6H,1-2,4H2,(H2,8,9,10). The van der Waals surface area contributed by atoms with Gasteiger partial charge in [-0.05, 0) is 31.5 Å². The van der Waals surface area contributed by atoms with Gasteiger partial charge in [-0.2, -0.15) is 0 Å². The van der Waals surface area contributed by atoms with E-state index in [2.05, 4.69) is 16.7 Å². The predicted molar refractivity (Wildman–Crippen MR) is 44.6 cm³/mol. The smallest absolute Gasteiger partial charge is 0.171 e. The highest BCUT2D eigenvalue weighted by Crippen LogP contribution is 2.19. The molecule has 2 rings (SSSR count). The third kappa shape index (κ3) is 0.904. The monoisotopic (exact) mass is 154 g/mol. The molecular formula is C7H10N2S. The van der Waals surface area contributed by atoms with E-state index in [9.17, 15) is 0 Å². The van der Waals surface area contributed by atoms with Gasteiger partial charge in [0.15, 0.2) is 5.11 Å². The minimum atomic E-state index is 0.501. The molecule has 0 amide bonds. The number of allylic oxidation sites excluding steroid dienone is 1. The van der Waals surface area contributed by atoms with E-state index in [4.69, 9.17) is 12.2 Å². The first-order valence-electron chi connectivity index (χ1n) is 3.64. The second-order valence-corrected chi connectivity index (χ2v) is 3.15. The quantitative estimate of drug-likeness (QED) is 0.507.